The molecule has 3 amide bonds. The molecule has 0 bridgehead atoms. The number of benzene rings is 1. The smallest absolute Gasteiger partial charge is 0.358 e. The number of hydrogen-bond acceptors (Lipinski definition) is 7. The number of hydrogen-bond donors (Lipinski definition) is 1. The van der Waals surface area contributed by atoms with E-state index in [1.165, 1.54) is 18.3 Å². The minimum Gasteiger partial charge on any atom is -0.497 e. The quantitative estimate of drug-likeness (QED) is 0.802. The average molecular weight is 375 g/mol. The Morgan fingerprint density at radius 1 is 1.31 bits per heavy atom. The van der Waals surface area contributed by atoms with Gasteiger partial charge in [-0.3, -0.25) is 9.69 Å². The Morgan fingerprint density at radius 3 is 2.65 bits per heavy atom. The van der Waals surface area contributed by atoms with Crippen LogP contribution >= 0.6 is 11.3 Å². The van der Waals surface area contributed by atoms with Crippen LogP contribution in [0.15, 0.2) is 29.6 Å². The van der Waals surface area contributed by atoms with E-state index in [1.807, 2.05) is 12.1 Å². The SMILES string of the molecule is COc1ccc(-c2nc(C(=O)O[C@@H](C)C(=O)N3CCNC3=O)cs2)cc1. The molecule has 3 rings (SSSR count). The second-order valence-corrected chi connectivity index (χ2v) is 6.39. The molecule has 136 valence electrons. The summed E-state index contributed by atoms with van der Waals surface area (Å²) in [7, 11) is 1.58. The maximum atomic E-state index is 12.2. The highest BCUT2D eigenvalue weighted by Crippen LogP contribution is 2.26. The van der Waals surface area contributed by atoms with E-state index < -0.39 is 24.0 Å². The molecular weight excluding hydrogens is 358 g/mol. The van der Waals surface area contributed by atoms with Crippen molar-refractivity contribution in [2.45, 2.75) is 13.0 Å². The minimum absolute atomic E-state index is 0.117. The molecule has 1 fully saturated rings. The summed E-state index contributed by atoms with van der Waals surface area (Å²) in [5, 5.41) is 4.75. The largest absolute Gasteiger partial charge is 0.497 e. The van der Waals surface area contributed by atoms with E-state index in [-0.39, 0.29) is 12.2 Å². The van der Waals surface area contributed by atoms with Gasteiger partial charge >= 0.3 is 12.0 Å². The third-order valence-electron chi connectivity index (χ3n) is 3.80. The monoisotopic (exact) mass is 375 g/mol. The van der Waals surface area contributed by atoms with Crippen LogP contribution in [0.5, 0.6) is 5.75 Å². The maximum absolute atomic E-state index is 12.2. The Hall–Kier alpha value is -2.94. The second-order valence-electron chi connectivity index (χ2n) is 5.54. The Bertz CT molecular complexity index is 833. The van der Waals surface area contributed by atoms with E-state index in [9.17, 15) is 14.4 Å². The fraction of sp³-hybridized carbons (Fsp3) is 0.294. The first kappa shape index (κ1) is 17.9. The summed E-state index contributed by atoms with van der Waals surface area (Å²) >= 11 is 1.29. The van der Waals surface area contributed by atoms with Crippen LogP contribution < -0.4 is 10.1 Å². The van der Waals surface area contributed by atoms with E-state index in [1.54, 1.807) is 24.6 Å². The topological polar surface area (TPSA) is 97.8 Å². The summed E-state index contributed by atoms with van der Waals surface area (Å²) in [6, 6.07) is 6.80. The molecule has 1 N–H and O–H groups in total. The first-order chi connectivity index (χ1) is 12.5. The van der Waals surface area contributed by atoms with E-state index >= 15 is 0 Å². The molecule has 2 aromatic rings. The molecule has 0 aliphatic carbocycles. The van der Waals surface area contributed by atoms with Crippen LogP contribution in [0.4, 0.5) is 4.79 Å². The molecule has 1 aromatic heterocycles. The summed E-state index contributed by atoms with van der Waals surface area (Å²) in [6.45, 7) is 2.09. The van der Waals surface area contributed by atoms with Gasteiger partial charge in [-0.2, -0.15) is 0 Å². The molecule has 2 heterocycles. The fourth-order valence-electron chi connectivity index (χ4n) is 2.41. The van der Waals surface area contributed by atoms with Gasteiger partial charge in [-0.25, -0.2) is 14.6 Å². The van der Waals surface area contributed by atoms with Crippen LogP contribution in [0.3, 0.4) is 0 Å². The van der Waals surface area contributed by atoms with Gasteiger partial charge in [0.05, 0.1) is 7.11 Å². The number of amides is 3. The zero-order valence-electron chi connectivity index (χ0n) is 14.2. The van der Waals surface area contributed by atoms with Crippen molar-refractivity contribution in [2.75, 3.05) is 20.2 Å². The number of rotatable bonds is 5. The number of aromatic nitrogens is 1. The lowest BCUT2D eigenvalue weighted by molar-refractivity contribution is -0.136. The van der Waals surface area contributed by atoms with Crippen LogP contribution in [-0.4, -0.2) is 54.1 Å². The highest BCUT2D eigenvalue weighted by atomic mass is 32.1. The number of ether oxygens (including phenoxy) is 2. The summed E-state index contributed by atoms with van der Waals surface area (Å²) in [5.74, 6) is -0.538. The number of thiazole rings is 1. The van der Waals surface area contributed by atoms with E-state index in [0.717, 1.165) is 16.2 Å². The third kappa shape index (κ3) is 3.67. The molecule has 0 unspecified atom stereocenters. The molecule has 1 aliphatic rings. The zero-order valence-corrected chi connectivity index (χ0v) is 15.0. The normalized spacial score (nSPS) is 14.7. The fourth-order valence-corrected chi connectivity index (χ4v) is 3.20. The number of nitrogens with zero attached hydrogens (tertiary/aromatic N) is 2. The number of urea groups is 1. The van der Waals surface area contributed by atoms with Gasteiger partial charge in [-0.1, -0.05) is 0 Å². The molecule has 1 saturated heterocycles. The lowest BCUT2D eigenvalue weighted by Crippen LogP contribution is -2.41. The van der Waals surface area contributed by atoms with Crippen molar-refractivity contribution in [1.29, 1.82) is 0 Å². The molecule has 26 heavy (non-hydrogen) atoms. The lowest BCUT2D eigenvalue weighted by atomic mass is 10.2. The molecule has 0 spiro atoms. The Morgan fingerprint density at radius 2 is 2.04 bits per heavy atom. The Balaban J connectivity index is 1.65. The number of carbonyl (C=O) groups excluding carboxylic acids is 3. The number of methoxy groups -OCH3 is 1. The molecular formula is C17H17N3O5S. The van der Waals surface area contributed by atoms with Gasteiger partial charge < -0.3 is 14.8 Å². The predicted octanol–water partition coefficient (Wildman–Crippen LogP) is 1.92. The highest BCUT2D eigenvalue weighted by molar-refractivity contribution is 7.13. The molecule has 0 radical (unpaired) electrons. The Labute approximate surface area is 153 Å². The number of esters is 1. The van der Waals surface area contributed by atoms with Crippen LogP contribution in [0, 0.1) is 0 Å². The van der Waals surface area contributed by atoms with Gasteiger partial charge in [-0.15, -0.1) is 11.3 Å². The van der Waals surface area contributed by atoms with Crippen LogP contribution in [-0.2, 0) is 9.53 Å². The molecule has 1 aromatic carbocycles. The van der Waals surface area contributed by atoms with Crippen molar-refractivity contribution in [3.63, 3.8) is 0 Å². The van der Waals surface area contributed by atoms with Crippen LogP contribution in [0.25, 0.3) is 10.6 Å². The zero-order chi connectivity index (χ0) is 18.7. The Kier molecular flexibility index (Phi) is 5.17. The number of nitrogens with one attached hydrogen (secondary N) is 1. The standard InChI is InChI=1S/C17H17N3O5S/c1-10(15(21)20-8-7-18-17(20)23)25-16(22)13-9-26-14(19-13)11-3-5-12(24-2)6-4-11/h3-6,9-10H,7-8H2,1-2H3,(H,18,23)/t10-/m0/s1. The van der Waals surface area contributed by atoms with Gasteiger partial charge in [0, 0.05) is 24.0 Å². The first-order valence-electron chi connectivity index (χ1n) is 7.89. The lowest BCUT2D eigenvalue weighted by Gasteiger charge is -2.17. The van der Waals surface area contributed by atoms with Gasteiger partial charge in [-0.05, 0) is 31.2 Å². The predicted molar refractivity (Wildman–Crippen MR) is 94.1 cm³/mol. The van der Waals surface area contributed by atoms with Gasteiger partial charge in [0.2, 0.25) is 0 Å². The van der Waals surface area contributed by atoms with Crippen molar-refractivity contribution in [3.8, 4) is 16.3 Å². The van der Waals surface area contributed by atoms with E-state index in [4.69, 9.17) is 9.47 Å². The molecule has 9 heteroatoms. The van der Waals surface area contributed by atoms with Crippen molar-refractivity contribution in [2.24, 2.45) is 0 Å². The molecule has 0 saturated carbocycles. The highest BCUT2D eigenvalue weighted by Gasteiger charge is 2.32. The summed E-state index contributed by atoms with van der Waals surface area (Å²) < 4.78 is 10.3. The average Bonchev–Trinajstić information content (AvgIpc) is 3.30. The minimum atomic E-state index is -1.07. The molecule has 1 atom stereocenters. The third-order valence-corrected chi connectivity index (χ3v) is 4.70. The van der Waals surface area contributed by atoms with Crippen molar-refractivity contribution in [1.82, 2.24) is 15.2 Å². The maximum Gasteiger partial charge on any atom is 0.358 e. The van der Waals surface area contributed by atoms with Crippen LogP contribution in [0.2, 0.25) is 0 Å². The van der Waals surface area contributed by atoms with Gasteiger partial charge in [0.15, 0.2) is 11.8 Å². The van der Waals surface area contributed by atoms with Gasteiger partial charge in [0.1, 0.15) is 10.8 Å². The summed E-state index contributed by atoms with van der Waals surface area (Å²) in [5.41, 5.74) is 0.957. The van der Waals surface area contributed by atoms with Crippen molar-refractivity contribution in [3.05, 3.63) is 35.3 Å². The van der Waals surface area contributed by atoms with E-state index in [2.05, 4.69) is 10.3 Å². The van der Waals surface area contributed by atoms with Crippen molar-refractivity contribution < 1.29 is 23.9 Å². The second kappa shape index (κ2) is 7.52. The summed E-state index contributed by atoms with van der Waals surface area (Å²) in [6.07, 6.45) is -1.07. The summed E-state index contributed by atoms with van der Waals surface area (Å²) in [4.78, 5) is 41.2. The van der Waals surface area contributed by atoms with E-state index in [0.29, 0.717) is 11.6 Å². The van der Waals surface area contributed by atoms with Crippen LogP contribution in [0.1, 0.15) is 17.4 Å². The first-order valence-corrected chi connectivity index (χ1v) is 8.77. The number of carbonyl (C=O) groups is 3. The van der Waals surface area contributed by atoms with Gasteiger partial charge in [0.25, 0.3) is 5.91 Å². The molecule has 8 nitrogen and oxygen atoms in total. The number of imide groups is 1. The molecule has 1 aliphatic heterocycles. The van der Waals surface area contributed by atoms with Crippen molar-refractivity contribution >= 4 is 29.2 Å².